The molecule has 0 bridgehead atoms. The van der Waals surface area contributed by atoms with Gasteiger partial charge in [-0.05, 0) is 97.3 Å². The summed E-state index contributed by atoms with van der Waals surface area (Å²) in [6.07, 6.45) is 10.7. The molecule has 1 aromatic rings. The normalized spacial score (nSPS) is 41.9. The highest BCUT2D eigenvalue weighted by Crippen LogP contribution is 2.65. The Balaban J connectivity index is 1.50. The number of benzene rings is 1. The lowest BCUT2D eigenvalue weighted by Crippen LogP contribution is -2.40. The Labute approximate surface area is 151 Å². The summed E-state index contributed by atoms with van der Waals surface area (Å²) in [6, 6.07) is 6.77. The predicted molar refractivity (Wildman–Crippen MR) is 99.8 cm³/mol. The standard InChI is InChI=1S/C23H30O2/c1-23-10-9-19-18-8-6-17(25-2)11-14(18)4-7-20(19)22(23)12-15-3-5-16(24)13-21(15)23/h6,8,11,13,15-16,19-20,22,24H,3-5,7,9-10,12H2,1-2H3. The Bertz CT molecular complexity index is 721. The molecule has 1 aromatic carbocycles. The van der Waals surface area contributed by atoms with Crippen molar-refractivity contribution in [2.24, 2.45) is 23.2 Å². The molecule has 2 saturated carbocycles. The van der Waals surface area contributed by atoms with Crippen molar-refractivity contribution >= 4 is 0 Å². The molecule has 25 heavy (non-hydrogen) atoms. The summed E-state index contributed by atoms with van der Waals surface area (Å²) in [5, 5.41) is 10.2. The second-order valence-electron chi connectivity index (χ2n) is 9.14. The quantitative estimate of drug-likeness (QED) is 0.741. The van der Waals surface area contributed by atoms with Crippen LogP contribution in [0.3, 0.4) is 0 Å². The molecule has 0 amide bonds. The summed E-state index contributed by atoms with van der Waals surface area (Å²) in [5.74, 6) is 4.11. The Kier molecular flexibility index (Phi) is 3.57. The fourth-order valence-electron chi connectivity index (χ4n) is 6.96. The number of aliphatic hydroxyl groups is 1. The zero-order valence-electron chi connectivity index (χ0n) is 15.5. The van der Waals surface area contributed by atoms with Crippen molar-refractivity contribution in [3.05, 3.63) is 41.0 Å². The predicted octanol–water partition coefficient (Wildman–Crippen LogP) is 4.86. The lowest BCUT2D eigenvalue weighted by molar-refractivity contribution is 0.0803. The molecular formula is C23H30O2. The van der Waals surface area contributed by atoms with E-state index in [1.165, 1.54) is 44.1 Å². The van der Waals surface area contributed by atoms with Crippen LogP contribution in [0.1, 0.15) is 62.5 Å². The molecule has 2 nitrogen and oxygen atoms in total. The number of fused-ring (bicyclic) bond motifs is 7. The molecule has 2 heteroatoms. The van der Waals surface area contributed by atoms with Crippen LogP contribution < -0.4 is 4.74 Å². The lowest BCUT2D eigenvalue weighted by atomic mass is 9.55. The molecule has 5 rings (SSSR count). The topological polar surface area (TPSA) is 29.5 Å². The average molecular weight is 338 g/mol. The zero-order chi connectivity index (χ0) is 17.2. The number of hydrogen-bond acceptors (Lipinski definition) is 2. The van der Waals surface area contributed by atoms with Gasteiger partial charge in [0, 0.05) is 0 Å². The van der Waals surface area contributed by atoms with E-state index in [0.717, 1.165) is 35.8 Å². The number of aryl methyl sites for hydroxylation is 1. The first-order valence-corrected chi connectivity index (χ1v) is 10.2. The van der Waals surface area contributed by atoms with E-state index in [9.17, 15) is 5.11 Å². The summed E-state index contributed by atoms with van der Waals surface area (Å²) in [5.41, 5.74) is 5.09. The Hall–Kier alpha value is -1.28. The van der Waals surface area contributed by atoms with Crippen molar-refractivity contribution in [3.63, 3.8) is 0 Å². The summed E-state index contributed by atoms with van der Waals surface area (Å²) in [7, 11) is 1.77. The summed E-state index contributed by atoms with van der Waals surface area (Å²) in [6.45, 7) is 2.52. The van der Waals surface area contributed by atoms with Crippen molar-refractivity contribution in [3.8, 4) is 5.75 Å². The van der Waals surface area contributed by atoms with Gasteiger partial charge in [0.2, 0.25) is 0 Å². The van der Waals surface area contributed by atoms with Crippen molar-refractivity contribution in [1.82, 2.24) is 0 Å². The molecule has 134 valence electrons. The van der Waals surface area contributed by atoms with Crippen molar-refractivity contribution in [2.75, 3.05) is 7.11 Å². The molecule has 0 aliphatic heterocycles. The number of hydrogen-bond donors (Lipinski definition) is 1. The number of aliphatic hydroxyl groups excluding tert-OH is 1. The van der Waals surface area contributed by atoms with Crippen molar-refractivity contribution in [2.45, 2.75) is 63.9 Å². The van der Waals surface area contributed by atoms with E-state index in [0.29, 0.717) is 5.41 Å². The van der Waals surface area contributed by atoms with Crippen LogP contribution in [-0.4, -0.2) is 18.3 Å². The largest absolute Gasteiger partial charge is 0.497 e. The molecule has 0 aromatic heterocycles. The minimum Gasteiger partial charge on any atom is -0.497 e. The summed E-state index contributed by atoms with van der Waals surface area (Å²) in [4.78, 5) is 0. The molecule has 4 aliphatic carbocycles. The number of methoxy groups -OCH3 is 1. The highest BCUT2D eigenvalue weighted by Gasteiger charge is 2.56. The first-order valence-electron chi connectivity index (χ1n) is 10.2. The van der Waals surface area contributed by atoms with Gasteiger partial charge in [0.1, 0.15) is 5.75 Å². The molecule has 0 spiro atoms. The van der Waals surface area contributed by atoms with Gasteiger partial charge in [-0.15, -0.1) is 0 Å². The van der Waals surface area contributed by atoms with Gasteiger partial charge in [-0.25, -0.2) is 0 Å². The second-order valence-corrected chi connectivity index (χ2v) is 9.14. The fourth-order valence-corrected chi connectivity index (χ4v) is 6.96. The van der Waals surface area contributed by atoms with E-state index in [2.05, 4.69) is 31.2 Å². The fraction of sp³-hybridized carbons (Fsp3) is 0.652. The van der Waals surface area contributed by atoms with E-state index in [4.69, 9.17) is 4.74 Å². The zero-order valence-corrected chi connectivity index (χ0v) is 15.5. The molecule has 0 radical (unpaired) electrons. The molecule has 0 heterocycles. The highest BCUT2D eigenvalue weighted by atomic mass is 16.5. The van der Waals surface area contributed by atoms with Gasteiger partial charge >= 0.3 is 0 Å². The molecule has 2 fully saturated rings. The first-order chi connectivity index (χ1) is 12.1. The first kappa shape index (κ1) is 15.9. The van der Waals surface area contributed by atoms with Crippen LogP contribution in [0, 0.1) is 23.2 Å². The summed E-state index contributed by atoms with van der Waals surface area (Å²) < 4.78 is 5.44. The Morgan fingerprint density at radius 2 is 2.04 bits per heavy atom. The number of rotatable bonds is 1. The van der Waals surface area contributed by atoms with Crippen LogP contribution >= 0.6 is 0 Å². The minimum atomic E-state index is -0.195. The third kappa shape index (κ3) is 2.26. The van der Waals surface area contributed by atoms with Crippen LogP contribution in [0.25, 0.3) is 0 Å². The van der Waals surface area contributed by atoms with E-state index in [1.807, 2.05) is 0 Å². The van der Waals surface area contributed by atoms with E-state index < -0.39 is 0 Å². The third-order valence-electron chi connectivity index (χ3n) is 8.14. The number of ether oxygens (including phenoxy) is 1. The molecule has 6 atom stereocenters. The van der Waals surface area contributed by atoms with Crippen LogP contribution in [0.2, 0.25) is 0 Å². The van der Waals surface area contributed by atoms with Gasteiger partial charge in [0.05, 0.1) is 13.2 Å². The van der Waals surface area contributed by atoms with E-state index in [1.54, 1.807) is 18.2 Å². The van der Waals surface area contributed by atoms with Crippen LogP contribution in [0.4, 0.5) is 0 Å². The monoisotopic (exact) mass is 338 g/mol. The van der Waals surface area contributed by atoms with Crippen LogP contribution in [0.15, 0.2) is 29.8 Å². The van der Waals surface area contributed by atoms with Gasteiger partial charge in [-0.2, -0.15) is 0 Å². The molecule has 4 aliphatic rings. The van der Waals surface area contributed by atoms with E-state index in [-0.39, 0.29) is 6.10 Å². The highest BCUT2D eigenvalue weighted by molar-refractivity contribution is 5.42. The molecule has 1 N–H and O–H groups in total. The minimum absolute atomic E-state index is 0.195. The lowest BCUT2D eigenvalue weighted by Gasteiger charge is -2.49. The van der Waals surface area contributed by atoms with Gasteiger partial charge in [-0.3, -0.25) is 0 Å². The molecule has 0 saturated heterocycles. The molecule has 6 unspecified atom stereocenters. The Morgan fingerprint density at radius 3 is 2.88 bits per heavy atom. The van der Waals surface area contributed by atoms with Gasteiger partial charge < -0.3 is 9.84 Å². The van der Waals surface area contributed by atoms with Crippen LogP contribution in [0.5, 0.6) is 5.75 Å². The maximum Gasteiger partial charge on any atom is 0.119 e. The van der Waals surface area contributed by atoms with E-state index >= 15 is 0 Å². The maximum absolute atomic E-state index is 10.2. The maximum atomic E-state index is 10.2. The second kappa shape index (κ2) is 5.61. The van der Waals surface area contributed by atoms with Gasteiger partial charge in [-0.1, -0.05) is 24.6 Å². The smallest absolute Gasteiger partial charge is 0.119 e. The van der Waals surface area contributed by atoms with Gasteiger partial charge in [0.25, 0.3) is 0 Å². The SMILES string of the molecule is COc1ccc2c(c1)CCC1C2CCC2(C)C3=CC(O)CCC3CC12. The molecular weight excluding hydrogens is 308 g/mol. The summed E-state index contributed by atoms with van der Waals surface area (Å²) >= 11 is 0. The van der Waals surface area contributed by atoms with Crippen molar-refractivity contribution in [1.29, 1.82) is 0 Å². The van der Waals surface area contributed by atoms with Crippen molar-refractivity contribution < 1.29 is 9.84 Å². The van der Waals surface area contributed by atoms with Crippen LogP contribution in [-0.2, 0) is 6.42 Å². The third-order valence-corrected chi connectivity index (χ3v) is 8.14. The Morgan fingerprint density at radius 1 is 1.16 bits per heavy atom. The number of allylic oxidation sites excluding steroid dienone is 1. The average Bonchev–Trinajstić information content (AvgIpc) is 2.93. The van der Waals surface area contributed by atoms with Gasteiger partial charge in [0.15, 0.2) is 0 Å².